The summed E-state index contributed by atoms with van der Waals surface area (Å²) in [5.74, 6) is 6.43. The van der Waals surface area contributed by atoms with Gasteiger partial charge in [-0.1, -0.05) is 45.0 Å². The van der Waals surface area contributed by atoms with Crippen LogP contribution >= 0.6 is 0 Å². The summed E-state index contributed by atoms with van der Waals surface area (Å²) < 4.78 is 0. The first-order chi connectivity index (χ1) is 8.05. The summed E-state index contributed by atoms with van der Waals surface area (Å²) in [6.45, 7) is 6.83. The number of hydrazine groups is 1. The molecule has 3 N–H and O–H groups in total. The molecule has 1 aliphatic carbocycles. The molecule has 2 heteroatoms. The molecule has 1 aromatic rings. The van der Waals surface area contributed by atoms with Crippen LogP contribution in [-0.4, -0.2) is 0 Å². The Morgan fingerprint density at radius 3 is 2.59 bits per heavy atom. The van der Waals surface area contributed by atoms with E-state index in [1.54, 1.807) is 0 Å². The first-order valence-corrected chi connectivity index (χ1v) is 6.60. The van der Waals surface area contributed by atoms with Crippen LogP contribution in [0.2, 0.25) is 0 Å². The number of nitrogens with one attached hydrogen (secondary N) is 1. The molecule has 0 aliphatic heterocycles. The molecule has 0 radical (unpaired) electrons. The largest absolute Gasteiger partial charge is 0.271 e. The summed E-state index contributed by atoms with van der Waals surface area (Å²) in [5, 5.41) is 0. The Morgan fingerprint density at radius 2 is 2.06 bits per heavy atom. The summed E-state index contributed by atoms with van der Waals surface area (Å²) in [6.07, 6.45) is 3.69. The molecule has 2 rings (SSSR count). The minimum Gasteiger partial charge on any atom is -0.271 e. The number of nitrogens with two attached hydrogens (primary N) is 1. The summed E-state index contributed by atoms with van der Waals surface area (Å²) in [5.41, 5.74) is 6.12. The van der Waals surface area contributed by atoms with Gasteiger partial charge in [0.1, 0.15) is 0 Å². The van der Waals surface area contributed by atoms with Crippen LogP contribution in [0, 0.1) is 11.3 Å². The van der Waals surface area contributed by atoms with Gasteiger partial charge >= 0.3 is 0 Å². The summed E-state index contributed by atoms with van der Waals surface area (Å²) in [6, 6.07) is 9.18. The average molecular weight is 232 g/mol. The van der Waals surface area contributed by atoms with Crippen molar-refractivity contribution in [2.75, 3.05) is 0 Å². The Balaban J connectivity index is 2.19. The topological polar surface area (TPSA) is 38.0 Å². The molecule has 17 heavy (non-hydrogen) atoms. The van der Waals surface area contributed by atoms with Crippen LogP contribution < -0.4 is 11.3 Å². The molecule has 94 valence electrons. The minimum atomic E-state index is 0.301. The van der Waals surface area contributed by atoms with Gasteiger partial charge in [-0.25, -0.2) is 0 Å². The van der Waals surface area contributed by atoms with E-state index < -0.39 is 0 Å². The smallest absolute Gasteiger partial charge is 0.0513 e. The maximum atomic E-state index is 5.73. The van der Waals surface area contributed by atoms with Gasteiger partial charge in [0.05, 0.1) is 6.04 Å². The predicted octanol–water partition coefficient (Wildman–Crippen LogP) is 3.19. The minimum absolute atomic E-state index is 0.301. The fourth-order valence-corrected chi connectivity index (χ4v) is 2.56. The van der Waals surface area contributed by atoms with Crippen LogP contribution in [0.15, 0.2) is 24.3 Å². The molecule has 2 nitrogen and oxygen atoms in total. The second-order valence-corrected chi connectivity index (χ2v) is 6.10. The van der Waals surface area contributed by atoms with E-state index in [9.17, 15) is 0 Å². The Kier molecular flexibility index (Phi) is 3.55. The Labute approximate surface area is 105 Å². The van der Waals surface area contributed by atoms with Crippen molar-refractivity contribution >= 4 is 0 Å². The van der Waals surface area contributed by atoms with E-state index in [0.29, 0.717) is 17.4 Å². The van der Waals surface area contributed by atoms with Crippen LogP contribution in [-0.2, 0) is 6.42 Å². The monoisotopic (exact) mass is 232 g/mol. The molecule has 0 heterocycles. The number of rotatable bonds is 5. The molecule has 0 amide bonds. The summed E-state index contributed by atoms with van der Waals surface area (Å²) >= 11 is 0. The number of hydrogen-bond donors (Lipinski definition) is 2. The van der Waals surface area contributed by atoms with Crippen LogP contribution in [0.25, 0.3) is 0 Å². The van der Waals surface area contributed by atoms with Gasteiger partial charge < -0.3 is 0 Å². The highest BCUT2D eigenvalue weighted by Crippen LogP contribution is 2.54. The zero-order chi connectivity index (χ0) is 12.5. The SMILES string of the molecule is CC(C)Cc1cccc(C(NN)C2(C)CC2)c1. The van der Waals surface area contributed by atoms with Crippen LogP contribution in [0.3, 0.4) is 0 Å². The molecule has 1 fully saturated rings. The van der Waals surface area contributed by atoms with Crippen molar-refractivity contribution in [3.63, 3.8) is 0 Å². The van der Waals surface area contributed by atoms with E-state index in [1.165, 1.54) is 24.0 Å². The van der Waals surface area contributed by atoms with Crippen molar-refractivity contribution in [2.24, 2.45) is 17.2 Å². The normalized spacial score (nSPS) is 19.4. The predicted molar refractivity (Wildman–Crippen MR) is 72.4 cm³/mol. The highest BCUT2D eigenvalue weighted by atomic mass is 15.2. The van der Waals surface area contributed by atoms with Crippen molar-refractivity contribution < 1.29 is 0 Å². The third-order valence-corrected chi connectivity index (χ3v) is 3.83. The third kappa shape index (κ3) is 2.88. The highest BCUT2D eigenvalue weighted by molar-refractivity contribution is 5.29. The van der Waals surface area contributed by atoms with Gasteiger partial charge in [-0.3, -0.25) is 11.3 Å². The lowest BCUT2D eigenvalue weighted by Crippen LogP contribution is -2.33. The molecule has 1 aromatic carbocycles. The van der Waals surface area contributed by atoms with E-state index >= 15 is 0 Å². The molecule has 0 saturated heterocycles. The fourth-order valence-electron chi connectivity index (χ4n) is 2.56. The molecule has 0 aromatic heterocycles. The maximum absolute atomic E-state index is 5.73. The fraction of sp³-hybridized carbons (Fsp3) is 0.600. The van der Waals surface area contributed by atoms with E-state index in [0.717, 1.165) is 6.42 Å². The molecule has 1 saturated carbocycles. The molecule has 1 unspecified atom stereocenters. The number of benzene rings is 1. The van der Waals surface area contributed by atoms with Crippen molar-refractivity contribution in [1.82, 2.24) is 5.43 Å². The highest BCUT2D eigenvalue weighted by Gasteiger charge is 2.45. The van der Waals surface area contributed by atoms with Crippen molar-refractivity contribution in [2.45, 2.75) is 46.1 Å². The summed E-state index contributed by atoms with van der Waals surface area (Å²) in [7, 11) is 0. The van der Waals surface area contributed by atoms with Crippen LogP contribution in [0.4, 0.5) is 0 Å². The van der Waals surface area contributed by atoms with Gasteiger partial charge in [0.15, 0.2) is 0 Å². The lowest BCUT2D eigenvalue weighted by molar-refractivity contribution is 0.372. The van der Waals surface area contributed by atoms with E-state index in [-0.39, 0.29) is 0 Å². The average Bonchev–Trinajstić information content (AvgIpc) is 2.97. The van der Waals surface area contributed by atoms with Crippen LogP contribution in [0.1, 0.15) is 50.8 Å². The maximum Gasteiger partial charge on any atom is 0.0513 e. The zero-order valence-corrected chi connectivity index (χ0v) is 11.2. The van der Waals surface area contributed by atoms with E-state index in [4.69, 9.17) is 5.84 Å². The van der Waals surface area contributed by atoms with Gasteiger partial charge in [0.2, 0.25) is 0 Å². The Hall–Kier alpha value is -0.860. The quantitative estimate of drug-likeness (QED) is 0.604. The van der Waals surface area contributed by atoms with Crippen molar-refractivity contribution in [1.29, 1.82) is 0 Å². The van der Waals surface area contributed by atoms with Crippen molar-refractivity contribution in [3.05, 3.63) is 35.4 Å². The molecule has 0 bridgehead atoms. The van der Waals surface area contributed by atoms with Gasteiger partial charge in [-0.2, -0.15) is 0 Å². The second-order valence-electron chi connectivity index (χ2n) is 6.10. The third-order valence-electron chi connectivity index (χ3n) is 3.83. The lowest BCUT2D eigenvalue weighted by Gasteiger charge is -2.23. The number of hydrogen-bond acceptors (Lipinski definition) is 2. The van der Waals surface area contributed by atoms with Gasteiger partial charge in [-0.15, -0.1) is 0 Å². The molecular formula is C15H24N2. The van der Waals surface area contributed by atoms with E-state index in [2.05, 4.69) is 50.5 Å². The van der Waals surface area contributed by atoms with E-state index in [1.807, 2.05) is 0 Å². The molecular weight excluding hydrogens is 208 g/mol. The second kappa shape index (κ2) is 4.79. The Morgan fingerprint density at radius 1 is 1.35 bits per heavy atom. The molecule has 1 aliphatic rings. The van der Waals surface area contributed by atoms with Crippen LogP contribution in [0.5, 0.6) is 0 Å². The van der Waals surface area contributed by atoms with Gasteiger partial charge in [0.25, 0.3) is 0 Å². The zero-order valence-electron chi connectivity index (χ0n) is 11.2. The Bertz CT molecular complexity index is 380. The summed E-state index contributed by atoms with van der Waals surface area (Å²) in [4.78, 5) is 0. The first-order valence-electron chi connectivity index (χ1n) is 6.60. The standard InChI is InChI=1S/C15H24N2/c1-11(2)9-12-5-4-6-13(10-12)14(17-16)15(3)7-8-15/h4-6,10-11,14,17H,7-9,16H2,1-3H3. The molecule has 1 atom stereocenters. The van der Waals surface area contributed by atoms with Gasteiger partial charge in [0, 0.05) is 0 Å². The van der Waals surface area contributed by atoms with Crippen molar-refractivity contribution in [3.8, 4) is 0 Å². The van der Waals surface area contributed by atoms with Gasteiger partial charge in [-0.05, 0) is 41.7 Å². The molecule has 0 spiro atoms. The first kappa shape index (κ1) is 12.6. The lowest BCUT2D eigenvalue weighted by atomic mass is 9.90.